The van der Waals surface area contributed by atoms with Crippen molar-refractivity contribution < 1.29 is 9.59 Å². The van der Waals surface area contributed by atoms with Crippen molar-refractivity contribution in [3.05, 3.63) is 35.2 Å². The highest BCUT2D eigenvalue weighted by atomic mass is 35.5. The Labute approximate surface area is 120 Å². The minimum absolute atomic E-state index is 0.213. The Balaban J connectivity index is 1.67. The highest BCUT2D eigenvalue weighted by Gasteiger charge is 2.25. The van der Waals surface area contributed by atoms with Gasteiger partial charge >= 0.3 is 0 Å². The Kier molecular flexibility index (Phi) is 3.42. The number of fused-ring (bicyclic) bond motifs is 1. The van der Waals surface area contributed by atoms with Crippen LogP contribution < -0.4 is 10.6 Å². The molecule has 0 spiro atoms. The molecule has 7 heteroatoms. The molecule has 20 heavy (non-hydrogen) atoms. The molecule has 104 valence electrons. The molecule has 1 atom stereocenters. The number of nitrogens with zero attached hydrogens (tertiary/aromatic N) is 2. The number of piperidine rings is 1. The fourth-order valence-corrected chi connectivity index (χ4v) is 2.39. The summed E-state index contributed by atoms with van der Waals surface area (Å²) in [7, 11) is 0. The molecule has 1 unspecified atom stereocenters. The van der Waals surface area contributed by atoms with Crippen molar-refractivity contribution in [2.45, 2.75) is 25.4 Å². The number of pyridine rings is 1. The van der Waals surface area contributed by atoms with Crippen LogP contribution in [0.4, 0.5) is 0 Å². The second-order valence-corrected chi connectivity index (χ2v) is 5.17. The van der Waals surface area contributed by atoms with E-state index in [1.165, 1.54) is 0 Å². The summed E-state index contributed by atoms with van der Waals surface area (Å²) in [4.78, 5) is 27.1. The second-order valence-electron chi connectivity index (χ2n) is 4.73. The van der Waals surface area contributed by atoms with Crippen molar-refractivity contribution >= 4 is 29.1 Å². The lowest BCUT2D eigenvalue weighted by Gasteiger charge is -2.21. The monoisotopic (exact) mass is 292 g/mol. The van der Waals surface area contributed by atoms with Gasteiger partial charge in [-0.2, -0.15) is 0 Å². The van der Waals surface area contributed by atoms with Crippen LogP contribution in [0.1, 0.15) is 18.5 Å². The number of halogens is 1. The van der Waals surface area contributed by atoms with Crippen LogP contribution in [-0.4, -0.2) is 27.2 Å². The molecule has 2 aromatic heterocycles. The Morgan fingerprint density at radius 3 is 3.05 bits per heavy atom. The highest BCUT2D eigenvalue weighted by molar-refractivity contribution is 6.30. The summed E-state index contributed by atoms with van der Waals surface area (Å²) < 4.78 is 1.84. The first-order valence-electron chi connectivity index (χ1n) is 6.32. The van der Waals surface area contributed by atoms with Gasteiger partial charge in [0.2, 0.25) is 11.8 Å². The molecule has 6 nitrogen and oxygen atoms in total. The molecule has 1 fully saturated rings. The number of imidazole rings is 1. The summed E-state index contributed by atoms with van der Waals surface area (Å²) in [6, 6.07) is 3.26. The zero-order valence-electron chi connectivity index (χ0n) is 10.6. The van der Waals surface area contributed by atoms with Crippen molar-refractivity contribution in [2.75, 3.05) is 0 Å². The van der Waals surface area contributed by atoms with E-state index in [0.29, 0.717) is 24.4 Å². The van der Waals surface area contributed by atoms with Gasteiger partial charge in [0.25, 0.3) is 0 Å². The molecule has 1 aliphatic rings. The lowest BCUT2D eigenvalue weighted by molar-refractivity contribution is -0.134. The van der Waals surface area contributed by atoms with Gasteiger partial charge in [0.15, 0.2) is 0 Å². The number of amides is 2. The summed E-state index contributed by atoms with van der Waals surface area (Å²) in [6.45, 7) is 0.464. The van der Waals surface area contributed by atoms with Gasteiger partial charge in [-0.3, -0.25) is 14.9 Å². The first kappa shape index (κ1) is 13.1. The van der Waals surface area contributed by atoms with Gasteiger partial charge in [0.05, 0.1) is 16.8 Å². The van der Waals surface area contributed by atoms with E-state index < -0.39 is 0 Å². The maximum atomic E-state index is 11.6. The SMILES string of the molecule is O=C1CCC(NCc2cn3cc(Cl)ccc3n2)C(=O)N1. The van der Waals surface area contributed by atoms with E-state index in [1.807, 2.05) is 16.7 Å². The van der Waals surface area contributed by atoms with Crippen molar-refractivity contribution in [1.82, 2.24) is 20.0 Å². The molecular formula is C13H13ClN4O2. The van der Waals surface area contributed by atoms with E-state index in [9.17, 15) is 9.59 Å². The molecule has 3 rings (SSSR count). The molecule has 0 saturated carbocycles. The summed E-state index contributed by atoms with van der Waals surface area (Å²) in [5.74, 6) is -0.483. The van der Waals surface area contributed by atoms with Crippen molar-refractivity contribution in [3.8, 4) is 0 Å². The topological polar surface area (TPSA) is 75.5 Å². The summed E-state index contributed by atoms with van der Waals surface area (Å²) in [6.07, 6.45) is 4.52. The average molecular weight is 293 g/mol. The summed E-state index contributed by atoms with van der Waals surface area (Å²) >= 11 is 5.91. The number of hydrogen-bond acceptors (Lipinski definition) is 4. The Hall–Kier alpha value is -1.92. The van der Waals surface area contributed by atoms with Gasteiger partial charge in [-0.05, 0) is 18.6 Å². The molecule has 2 aromatic rings. The van der Waals surface area contributed by atoms with Crippen LogP contribution in [0, 0.1) is 0 Å². The minimum atomic E-state index is -0.346. The van der Waals surface area contributed by atoms with E-state index in [-0.39, 0.29) is 17.9 Å². The molecule has 0 radical (unpaired) electrons. The fraction of sp³-hybridized carbons (Fsp3) is 0.308. The number of carbonyl (C=O) groups excluding carboxylic acids is 2. The lowest BCUT2D eigenvalue weighted by atomic mass is 10.1. The van der Waals surface area contributed by atoms with Crippen LogP contribution in [0.15, 0.2) is 24.5 Å². The third-order valence-corrected chi connectivity index (χ3v) is 3.46. The third-order valence-electron chi connectivity index (χ3n) is 3.23. The van der Waals surface area contributed by atoms with E-state index in [1.54, 1.807) is 12.3 Å². The summed E-state index contributed by atoms with van der Waals surface area (Å²) in [5.41, 5.74) is 1.62. The highest BCUT2D eigenvalue weighted by Crippen LogP contribution is 2.12. The molecule has 0 aromatic carbocycles. The number of carbonyl (C=O) groups is 2. The van der Waals surface area contributed by atoms with Crippen LogP contribution in [0.5, 0.6) is 0 Å². The van der Waals surface area contributed by atoms with E-state index in [2.05, 4.69) is 15.6 Å². The Morgan fingerprint density at radius 2 is 2.25 bits per heavy atom. The number of rotatable bonds is 3. The maximum Gasteiger partial charge on any atom is 0.243 e. The van der Waals surface area contributed by atoms with E-state index in [0.717, 1.165) is 11.3 Å². The van der Waals surface area contributed by atoms with Crippen LogP contribution in [0.3, 0.4) is 0 Å². The number of nitrogens with one attached hydrogen (secondary N) is 2. The van der Waals surface area contributed by atoms with Crippen molar-refractivity contribution in [2.24, 2.45) is 0 Å². The van der Waals surface area contributed by atoms with Crippen LogP contribution >= 0.6 is 11.6 Å². The van der Waals surface area contributed by atoms with E-state index >= 15 is 0 Å². The van der Waals surface area contributed by atoms with E-state index in [4.69, 9.17) is 11.6 Å². The zero-order valence-corrected chi connectivity index (χ0v) is 11.4. The predicted molar refractivity (Wildman–Crippen MR) is 73.2 cm³/mol. The second kappa shape index (κ2) is 5.22. The van der Waals surface area contributed by atoms with Crippen LogP contribution in [-0.2, 0) is 16.1 Å². The minimum Gasteiger partial charge on any atom is -0.305 e. The molecular weight excluding hydrogens is 280 g/mol. The molecule has 2 amide bonds. The Morgan fingerprint density at radius 1 is 1.40 bits per heavy atom. The Bertz CT molecular complexity index is 682. The number of aromatic nitrogens is 2. The van der Waals surface area contributed by atoms with Crippen molar-refractivity contribution in [3.63, 3.8) is 0 Å². The van der Waals surface area contributed by atoms with Gasteiger partial charge in [0, 0.05) is 25.4 Å². The first-order valence-corrected chi connectivity index (χ1v) is 6.70. The molecule has 1 saturated heterocycles. The van der Waals surface area contributed by atoms with Gasteiger partial charge in [-0.15, -0.1) is 0 Å². The summed E-state index contributed by atoms with van der Waals surface area (Å²) in [5, 5.41) is 6.07. The number of hydrogen-bond donors (Lipinski definition) is 2. The quantitative estimate of drug-likeness (QED) is 0.824. The maximum absolute atomic E-state index is 11.6. The molecule has 2 N–H and O–H groups in total. The van der Waals surface area contributed by atoms with Crippen LogP contribution in [0.2, 0.25) is 5.02 Å². The molecule has 1 aliphatic heterocycles. The van der Waals surface area contributed by atoms with Crippen LogP contribution in [0.25, 0.3) is 5.65 Å². The predicted octanol–water partition coefficient (Wildman–Crippen LogP) is 0.882. The van der Waals surface area contributed by atoms with Gasteiger partial charge in [0.1, 0.15) is 5.65 Å². The molecule has 0 aliphatic carbocycles. The zero-order chi connectivity index (χ0) is 14.1. The fourth-order valence-electron chi connectivity index (χ4n) is 2.22. The molecule has 3 heterocycles. The van der Waals surface area contributed by atoms with Crippen molar-refractivity contribution in [1.29, 1.82) is 0 Å². The third kappa shape index (κ3) is 2.66. The largest absolute Gasteiger partial charge is 0.305 e. The standard InChI is InChI=1S/C13H13ClN4O2/c14-8-1-3-11-16-9(7-18(11)6-8)5-15-10-2-4-12(19)17-13(10)20/h1,3,6-7,10,15H,2,4-5H2,(H,17,19,20). The normalized spacial score (nSPS) is 19.4. The molecule has 0 bridgehead atoms. The first-order chi connectivity index (χ1) is 9.61. The van der Waals surface area contributed by atoms with Gasteiger partial charge in [-0.1, -0.05) is 11.6 Å². The van der Waals surface area contributed by atoms with Gasteiger partial charge < -0.3 is 9.72 Å². The average Bonchev–Trinajstić information content (AvgIpc) is 2.79. The lowest BCUT2D eigenvalue weighted by Crippen LogP contribution is -2.50. The number of imide groups is 1. The smallest absolute Gasteiger partial charge is 0.243 e. The van der Waals surface area contributed by atoms with Gasteiger partial charge in [-0.25, -0.2) is 4.98 Å².